The van der Waals surface area contributed by atoms with E-state index in [2.05, 4.69) is 5.32 Å². The molecule has 7 nitrogen and oxygen atoms in total. The summed E-state index contributed by atoms with van der Waals surface area (Å²) in [6.07, 6.45) is 0.713. The topological polar surface area (TPSA) is 107 Å². The van der Waals surface area contributed by atoms with Crippen LogP contribution in [-0.4, -0.2) is 16.4 Å². The zero-order valence-corrected chi connectivity index (χ0v) is 13.6. The number of aryl methyl sites for hydroxylation is 2. The fraction of sp³-hybridized carbons (Fsp3) is 0.167. The number of fused-ring (bicyclic) bond motifs is 1. The first-order valence-electron chi connectivity index (χ1n) is 7.73. The number of benzene rings is 2. The SMILES string of the molecule is Cn1c(=O)oc2ccc(CCC(=O)Nc3ccccc3C(N)=O)cc21. The minimum absolute atomic E-state index is 0.227. The van der Waals surface area contributed by atoms with Gasteiger partial charge in [0.25, 0.3) is 5.91 Å². The molecule has 25 heavy (non-hydrogen) atoms. The lowest BCUT2D eigenvalue weighted by Gasteiger charge is -2.08. The fourth-order valence-corrected chi connectivity index (χ4v) is 2.61. The zero-order valence-electron chi connectivity index (χ0n) is 13.6. The molecule has 0 spiro atoms. The number of nitrogens with one attached hydrogen (secondary N) is 1. The van der Waals surface area contributed by atoms with Gasteiger partial charge < -0.3 is 15.5 Å². The van der Waals surface area contributed by atoms with Gasteiger partial charge in [-0.25, -0.2) is 4.79 Å². The standard InChI is InChI=1S/C18H17N3O4/c1-21-14-10-11(6-8-15(14)25-18(21)24)7-9-16(22)20-13-5-3-2-4-12(13)17(19)23/h2-6,8,10H,7,9H2,1H3,(H2,19,23)(H,20,22). The molecule has 2 aromatic carbocycles. The van der Waals surface area contributed by atoms with Gasteiger partial charge >= 0.3 is 5.76 Å². The molecule has 0 saturated heterocycles. The van der Waals surface area contributed by atoms with Gasteiger partial charge in [-0.3, -0.25) is 14.2 Å². The summed E-state index contributed by atoms with van der Waals surface area (Å²) in [5.74, 6) is -1.25. The number of anilines is 1. The highest BCUT2D eigenvalue weighted by atomic mass is 16.4. The van der Waals surface area contributed by atoms with E-state index in [1.807, 2.05) is 12.1 Å². The minimum Gasteiger partial charge on any atom is -0.408 e. The lowest BCUT2D eigenvalue weighted by molar-refractivity contribution is -0.116. The predicted molar refractivity (Wildman–Crippen MR) is 93.4 cm³/mol. The quantitative estimate of drug-likeness (QED) is 0.739. The van der Waals surface area contributed by atoms with Crippen molar-refractivity contribution in [2.24, 2.45) is 12.8 Å². The second kappa shape index (κ2) is 6.64. The number of primary amides is 1. The first-order chi connectivity index (χ1) is 12.0. The number of carbonyl (C=O) groups excluding carboxylic acids is 2. The molecule has 0 aliphatic rings. The van der Waals surface area contributed by atoms with Gasteiger partial charge in [-0.2, -0.15) is 0 Å². The average molecular weight is 339 g/mol. The summed E-state index contributed by atoms with van der Waals surface area (Å²) >= 11 is 0. The first-order valence-corrected chi connectivity index (χ1v) is 7.73. The summed E-state index contributed by atoms with van der Waals surface area (Å²) in [5.41, 5.74) is 8.06. The molecule has 0 unspecified atom stereocenters. The van der Waals surface area contributed by atoms with E-state index in [0.29, 0.717) is 23.2 Å². The van der Waals surface area contributed by atoms with Gasteiger partial charge in [-0.1, -0.05) is 18.2 Å². The van der Waals surface area contributed by atoms with E-state index in [0.717, 1.165) is 5.56 Å². The number of oxazole rings is 1. The Bertz CT molecular complexity index is 1020. The molecule has 1 aromatic heterocycles. The van der Waals surface area contributed by atoms with Crippen molar-refractivity contribution in [2.75, 3.05) is 5.32 Å². The van der Waals surface area contributed by atoms with E-state index in [-0.39, 0.29) is 17.9 Å². The van der Waals surface area contributed by atoms with Crippen LogP contribution in [0, 0.1) is 0 Å². The Morgan fingerprint density at radius 2 is 1.96 bits per heavy atom. The maximum atomic E-state index is 12.2. The van der Waals surface area contributed by atoms with Crippen molar-refractivity contribution >= 4 is 28.6 Å². The second-order valence-electron chi connectivity index (χ2n) is 5.69. The van der Waals surface area contributed by atoms with Crippen molar-refractivity contribution < 1.29 is 14.0 Å². The molecule has 7 heteroatoms. The van der Waals surface area contributed by atoms with Crippen LogP contribution in [0.25, 0.3) is 11.1 Å². The summed E-state index contributed by atoms with van der Waals surface area (Å²) in [5, 5.41) is 2.70. The van der Waals surface area contributed by atoms with Gasteiger partial charge in [0.1, 0.15) is 0 Å². The van der Waals surface area contributed by atoms with Crippen molar-refractivity contribution in [1.29, 1.82) is 0 Å². The molecule has 3 aromatic rings. The second-order valence-corrected chi connectivity index (χ2v) is 5.69. The lowest BCUT2D eigenvalue weighted by atomic mass is 10.1. The van der Waals surface area contributed by atoms with Crippen molar-refractivity contribution in [1.82, 2.24) is 4.57 Å². The van der Waals surface area contributed by atoms with Crippen LogP contribution in [0.1, 0.15) is 22.3 Å². The first kappa shape index (κ1) is 16.5. The molecular formula is C18H17N3O4. The normalized spacial score (nSPS) is 10.8. The Balaban J connectivity index is 1.70. The molecule has 128 valence electrons. The summed E-state index contributed by atoms with van der Waals surface area (Å²) in [6, 6.07) is 11.9. The van der Waals surface area contributed by atoms with Crippen molar-refractivity contribution in [3.8, 4) is 0 Å². The minimum atomic E-state index is -0.595. The molecule has 3 N–H and O–H groups in total. The highest BCUT2D eigenvalue weighted by Crippen LogP contribution is 2.17. The summed E-state index contributed by atoms with van der Waals surface area (Å²) in [4.78, 5) is 35.0. The van der Waals surface area contributed by atoms with E-state index < -0.39 is 11.7 Å². The van der Waals surface area contributed by atoms with Crippen LogP contribution < -0.4 is 16.8 Å². The third-order valence-electron chi connectivity index (χ3n) is 3.96. The van der Waals surface area contributed by atoms with Crippen molar-refractivity contribution in [3.63, 3.8) is 0 Å². The Morgan fingerprint density at radius 3 is 2.72 bits per heavy atom. The van der Waals surface area contributed by atoms with E-state index in [1.54, 1.807) is 37.4 Å². The van der Waals surface area contributed by atoms with Crippen LogP contribution in [0.2, 0.25) is 0 Å². The monoisotopic (exact) mass is 339 g/mol. The molecule has 0 fully saturated rings. The maximum absolute atomic E-state index is 12.2. The Morgan fingerprint density at radius 1 is 1.20 bits per heavy atom. The van der Waals surface area contributed by atoms with Crippen molar-refractivity contribution in [2.45, 2.75) is 12.8 Å². The Labute approximate surface area is 143 Å². The molecular weight excluding hydrogens is 322 g/mol. The summed E-state index contributed by atoms with van der Waals surface area (Å²) in [6.45, 7) is 0. The van der Waals surface area contributed by atoms with Crippen LogP contribution in [0.3, 0.4) is 0 Å². The van der Waals surface area contributed by atoms with E-state index in [9.17, 15) is 14.4 Å². The molecule has 1 heterocycles. The largest absolute Gasteiger partial charge is 0.419 e. The number of nitrogens with zero attached hydrogens (tertiary/aromatic N) is 1. The number of rotatable bonds is 5. The molecule has 0 saturated carbocycles. The van der Waals surface area contributed by atoms with E-state index >= 15 is 0 Å². The van der Waals surface area contributed by atoms with E-state index in [4.69, 9.17) is 10.2 Å². The highest BCUT2D eigenvalue weighted by molar-refractivity contribution is 6.03. The van der Waals surface area contributed by atoms with Gasteiger partial charge in [0.05, 0.1) is 16.8 Å². The van der Waals surface area contributed by atoms with Gasteiger partial charge in [-0.15, -0.1) is 0 Å². The predicted octanol–water partition coefficient (Wildman–Crippen LogP) is 1.80. The van der Waals surface area contributed by atoms with Crippen LogP contribution >= 0.6 is 0 Å². The molecule has 3 rings (SSSR count). The Kier molecular flexibility index (Phi) is 4.38. The van der Waals surface area contributed by atoms with Gasteiger partial charge in [-0.05, 0) is 36.2 Å². The molecule has 0 aliphatic heterocycles. The number of amides is 2. The molecule has 0 aliphatic carbocycles. The summed E-state index contributed by atoms with van der Waals surface area (Å²) < 4.78 is 6.50. The van der Waals surface area contributed by atoms with Crippen LogP contribution in [0.15, 0.2) is 51.7 Å². The fourth-order valence-electron chi connectivity index (χ4n) is 2.61. The van der Waals surface area contributed by atoms with Crippen molar-refractivity contribution in [3.05, 3.63) is 64.1 Å². The van der Waals surface area contributed by atoms with Crippen LogP contribution in [0.4, 0.5) is 5.69 Å². The van der Waals surface area contributed by atoms with Gasteiger partial charge in [0, 0.05) is 13.5 Å². The summed E-state index contributed by atoms with van der Waals surface area (Å²) in [7, 11) is 1.63. The average Bonchev–Trinajstić information content (AvgIpc) is 2.87. The molecule has 0 atom stereocenters. The molecule has 2 amide bonds. The van der Waals surface area contributed by atoms with Gasteiger partial charge in [0.15, 0.2) is 5.58 Å². The number of para-hydroxylation sites is 1. The van der Waals surface area contributed by atoms with Crippen LogP contribution in [-0.2, 0) is 18.3 Å². The number of hydrogen-bond donors (Lipinski definition) is 2. The highest BCUT2D eigenvalue weighted by Gasteiger charge is 2.11. The molecule has 0 radical (unpaired) electrons. The van der Waals surface area contributed by atoms with Gasteiger partial charge in [0.2, 0.25) is 5.91 Å². The van der Waals surface area contributed by atoms with Crippen LogP contribution in [0.5, 0.6) is 0 Å². The number of carbonyl (C=O) groups is 2. The zero-order chi connectivity index (χ0) is 18.0. The smallest absolute Gasteiger partial charge is 0.408 e. The van der Waals surface area contributed by atoms with E-state index in [1.165, 1.54) is 4.57 Å². The molecule has 0 bridgehead atoms. The number of nitrogens with two attached hydrogens (primary N) is 1. The Hall–Kier alpha value is -3.35. The third kappa shape index (κ3) is 3.45. The maximum Gasteiger partial charge on any atom is 0.419 e. The lowest BCUT2D eigenvalue weighted by Crippen LogP contribution is -2.18. The number of aromatic nitrogens is 1. The number of hydrogen-bond acceptors (Lipinski definition) is 4. The third-order valence-corrected chi connectivity index (χ3v) is 3.96.